The molecule has 0 aromatic heterocycles. The molecule has 0 heterocycles. The summed E-state index contributed by atoms with van der Waals surface area (Å²) in [6, 6.07) is 17.9. The van der Waals surface area contributed by atoms with E-state index in [9.17, 15) is 14.4 Å². The average Bonchev–Trinajstić information content (AvgIpc) is 2.59. The van der Waals surface area contributed by atoms with Gasteiger partial charge in [-0.2, -0.15) is 0 Å². The van der Waals surface area contributed by atoms with Crippen LogP contribution in [-0.2, 0) is 16.1 Å². The van der Waals surface area contributed by atoms with Gasteiger partial charge in [0.1, 0.15) is 6.61 Å². The molecule has 0 aliphatic heterocycles. The predicted molar refractivity (Wildman–Crippen MR) is 84.8 cm³/mol. The Balaban J connectivity index is 1.70. The molecule has 0 saturated heterocycles. The van der Waals surface area contributed by atoms with Crippen LogP contribution in [0.2, 0.25) is 0 Å². The number of imide groups is 1. The van der Waals surface area contributed by atoms with Gasteiger partial charge in [0.2, 0.25) is 5.91 Å². The van der Waals surface area contributed by atoms with E-state index in [1.165, 1.54) is 0 Å². The van der Waals surface area contributed by atoms with Gasteiger partial charge in [-0.25, -0.2) is 4.79 Å². The van der Waals surface area contributed by atoms with Crippen LogP contribution in [0.5, 0.6) is 0 Å². The van der Waals surface area contributed by atoms with E-state index in [-0.39, 0.29) is 25.2 Å². The number of ketones is 1. The van der Waals surface area contributed by atoms with Gasteiger partial charge in [-0.1, -0.05) is 60.7 Å². The molecule has 2 aromatic carbocycles. The third kappa shape index (κ3) is 5.74. The lowest BCUT2D eigenvalue weighted by molar-refractivity contribution is -0.120. The van der Waals surface area contributed by atoms with E-state index in [0.29, 0.717) is 5.56 Å². The Morgan fingerprint density at radius 3 is 2.09 bits per heavy atom. The van der Waals surface area contributed by atoms with E-state index in [0.717, 1.165) is 5.56 Å². The van der Waals surface area contributed by atoms with E-state index in [4.69, 9.17) is 4.74 Å². The molecule has 0 unspecified atom stereocenters. The Bertz CT molecular complexity index is 668. The second-order valence-corrected chi connectivity index (χ2v) is 4.90. The standard InChI is InChI=1S/C18H17NO4/c20-16(15-9-5-2-6-10-15)11-12-17(21)19-18(22)23-13-14-7-3-1-4-8-14/h1-10H,11-13H2,(H,19,21,22). The molecule has 5 heteroatoms. The molecule has 0 fully saturated rings. The predicted octanol–water partition coefficient (Wildman–Crippen LogP) is 3.10. The van der Waals surface area contributed by atoms with Crippen LogP contribution in [-0.4, -0.2) is 17.8 Å². The lowest BCUT2D eigenvalue weighted by Crippen LogP contribution is -2.31. The summed E-state index contributed by atoms with van der Waals surface area (Å²) >= 11 is 0. The number of ether oxygens (including phenoxy) is 1. The summed E-state index contributed by atoms with van der Waals surface area (Å²) in [5, 5.41) is 2.10. The minimum Gasteiger partial charge on any atom is -0.444 e. The van der Waals surface area contributed by atoms with Crippen molar-refractivity contribution in [1.29, 1.82) is 0 Å². The topological polar surface area (TPSA) is 72.5 Å². The quantitative estimate of drug-likeness (QED) is 0.832. The highest BCUT2D eigenvalue weighted by Crippen LogP contribution is 2.05. The summed E-state index contributed by atoms with van der Waals surface area (Å²) < 4.78 is 4.93. The molecule has 2 rings (SSSR count). The van der Waals surface area contributed by atoms with Crippen molar-refractivity contribution in [3.8, 4) is 0 Å². The van der Waals surface area contributed by atoms with E-state index in [2.05, 4.69) is 5.32 Å². The van der Waals surface area contributed by atoms with Crippen molar-refractivity contribution in [3.63, 3.8) is 0 Å². The first-order valence-electron chi connectivity index (χ1n) is 7.24. The van der Waals surface area contributed by atoms with Crippen molar-refractivity contribution in [3.05, 3.63) is 71.8 Å². The van der Waals surface area contributed by atoms with Crippen LogP contribution in [0.1, 0.15) is 28.8 Å². The molecule has 2 aromatic rings. The maximum absolute atomic E-state index is 11.8. The summed E-state index contributed by atoms with van der Waals surface area (Å²) in [6.07, 6.45) is -0.832. The average molecular weight is 311 g/mol. The highest BCUT2D eigenvalue weighted by atomic mass is 16.5. The zero-order valence-electron chi connectivity index (χ0n) is 12.5. The molecule has 0 radical (unpaired) electrons. The molecule has 2 amide bonds. The summed E-state index contributed by atoms with van der Waals surface area (Å²) in [6.45, 7) is 0.0862. The number of carbonyl (C=O) groups is 3. The van der Waals surface area contributed by atoms with Crippen LogP contribution in [0, 0.1) is 0 Å². The molecular formula is C18H17NO4. The fourth-order valence-electron chi connectivity index (χ4n) is 1.93. The van der Waals surface area contributed by atoms with E-state index < -0.39 is 12.0 Å². The van der Waals surface area contributed by atoms with Crippen LogP contribution in [0.25, 0.3) is 0 Å². The van der Waals surface area contributed by atoms with Crippen molar-refractivity contribution >= 4 is 17.8 Å². The molecular weight excluding hydrogens is 294 g/mol. The lowest BCUT2D eigenvalue weighted by Gasteiger charge is -2.06. The number of benzene rings is 2. The molecule has 0 saturated carbocycles. The van der Waals surface area contributed by atoms with Gasteiger partial charge in [0.15, 0.2) is 5.78 Å². The number of amides is 2. The lowest BCUT2D eigenvalue weighted by atomic mass is 10.1. The van der Waals surface area contributed by atoms with Crippen molar-refractivity contribution in [1.82, 2.24) is 5.32 Å². The smallest absolute Gasteiger partial charge is 0.414 e. The van der Waals surface area contributed by atoms with Crippen LogP contribution in [0.4, 0.5) is 4.79 Å². The van der Waals surface area contributed by atoms with Crippen molar-refractivity contribution in [2.45, 2.75) is 19.4 Å². The third-order valence-electron chi connectivity index (χ3n) is 3.13. The molecule has 0 aliphatic carbocycles. The van der Waals surface area contributed by atoms with Crippen LogP contribution in [0.3, 0.4) is 0 Å². The van der Waals surface area contributed by atoms with Gasteiger partial charge in [-0.05, 0) is 5.56 Å². The normalized spacial score (nSPS) is 9.91. The van der Waals surface area contributed by atoms with Gasteiger partial charge in [0.05, 0.1) is 0 Å². The van der Waals surface area contributed by atoms with Gasteiger partial charge in [0.25, 0.3) is 0 Å². The number of carbonyl (C=O) groups excluding carboxylic acids is 3. The van der Waals surface area contributed by atoms with Crippen molar-refractivity contribution < 1.29 is 19.1 Å². The zero-order chi connectivity index (χ0) is 16.5. The highest BCUT2D eigenvalue weighted by Gasteiger charge is 2.12. The number of alkyl carbamates (subject to hydrolysis) is 1. The van der Waals surface area contributed by atoms with Gasteiger partial charge in [0, 0.05) is 18.4 Å². The zero-order valence-corrected chi connectivity index (χ0v) is 12.5. The second kappa shape index (κ2) is 8.48. The van der Waals surface area contributed by atoms with Gasteiger partial charge >= 0.3 is 6.09 Å². The van der Waals surface area contributed by atoms with Crippen molar-refractivity contribution in [2.24, 2.45) is 0 Å². The number of nitrogens with one attached hydrogen (secondary N) is 1. The maximum Gasteiger partial charge on any atom is 0.414 e. The first-order chi connectivity index (χ1) is 11.1. The Labute approximate surface area is 134 Å². The number of Topliss-reactive ketones (excluding diaryl/α,β-unsaturated/α-hetero) is 1. The van der Waals surface area contributed by atoms with E-state index >= 15 is 0 Å². The van der Waals surface area contributed by atoms with Crippen molar-refractivity contribution in [2.75, 3.05) is 0 Å². The molecule has 23 heavy (non-hydrogen) atoms. The number of hydrogen-bond donors (Lipinski definition) is 1. The molecule has 0 aliphatic rings. The van der Waals surface area contributed by atoms with Crippen LogP contribution < -0.4 is 5.32 Å². The SMILES string of the molecule is O=C(CCC(=O)c1ccccc1)NC(=O)OCc1ccccc1. The summed E-state index contributed by atoms with van der Waals surface area (Å²) in [5.74, 6) is -0.675. The Hall–Kier alpha value is -2.95. The first kappa shape index (κ1) is 16.4. The molecule has 0 atom stereocenters. The summed E-state index contributed by atoms with van der Waals surface area (Å²) in [5.41, 5.74) is 1.38. The first-order valence-corrected chi connectivity index (χ1v) is 7.24. The minimum atomic E-state index is -0.814. The summed E-state index contributed by atoms with van der Waals surface area (Å²) in [4.78, 5) is 35.0. The van der Waals surface area contributed by atoms with Crippen LogP contribution >= 0.6 is 0 Å². The molecule has 118 valence electrons. The largest absolute Gasteiger partial charge is 0.444 e. The monoisotopic (exact) mass is 311 g/mol. The molecule has 1 N–H and O–H groups in total. The highest BCUT2D eigenvalue weighted by molar-refractivity contribution is 5.99. The van der Waals surface area contributed by atoms with E-state index in [1.54, 1.807) is 24.3 Å². The second-order valence-electron chi connectivity index (χ2n) is 4.90. The van der Waals surface area contributed by atoms with Gasteiger partial charge in [-0.3, -0.25) is 14.9 Å². The Morgan fingerprint density at radius 1 is 0.826 bits per heavy atom. The fraction of sp³-hybridized carbons (Fsp3) is 0.167. The van der Waals surface area contributed by atoms with E-state index in [1.807, 2.05) is 36.4 Å². The summed E-state index contributed by atoms with van der Waals surface area (Å²) in [7, 11) is 0. The van der Waals surface area contributed by atoms with Gasteiger partial charge in [-0.15, -0.1) is 0 Å². The minimum absolute atomic E-state index is 0.0435. The molecule has 5 nitrogen and oxygen atoms in total. The number of rotatable bonds is 6. The van der Waals surface area contributed by atoms with Crippen LogP contribution in [0.15, 0.2) is 60.7 Å². The Kier molecular flexibility index (Phi) is 6.06. The molecule has 0 bridgehead atoms. The fourth-order valence-corrected chi connectivity index (χ4v) is 1.93. The molecule has 0 spiro atoms. The Morgan fingerprint density at radius 2 is 1.43 bits per heavy atom. The maximum atomic E-state index is 11.8. The van der Waals surface area contributed by atoms with Gasteiger partial charge < -0.3 is 4.74 Å². The third-order valence-corrected chi connectivity index (χ3v) is 3.13. The number of hydrogen-bond acceptors (Lipinski definition) is 4.